The Labute approximate surface area is 135 Å². The first kappa shape index (κ1) is 17.5. The maximum absolute atomic E-state index is 12.0. The van der Waals surface area contributed by atoms with Crippen molar-refractivity contribution in [3.05, 3.63) is 11.8 Å². The Hall–Kier alpha value is -0.813. The minimum Gasteiger partial charge on any atom is -0.473 e. The largest absolute Gasteiger partial charge is 0.473 e. The van der Waals surface area contributed by atoms with E-state index in [4.69, 9.17) is 13.9 Å². The summed E-state index contributed by atoms with van der Waals surface area (Å²) >= 11 is 0. The van der Waals surface area contributed by atoms with Crippen LogP contribution in [-0.4, -0.2) is 27.7 Å². The molecule has 1 aliphatic carbocycles. The van der Waals surface area contributed by atoms with Gasteiger partial charge in [0.2, 0.25) is 0 Å². The molecule has 1 fully saturated rings. The van der Waals surface area contributed by atoms with Gasteiger partial charge < -0.3 is 13.9 Å². The van der Waals surface area contributed by atoms with Gasteiger partial charge in [0.15, 0.2) is 14.6 Å². The van der Waals surface area contributed by atoms with E-state index in [2.05, 4.69) is 40.8 Å². The van der Waals surface area contributed by atoms with Gasteiger partial charge in [-0.2, -0.15) is 0 Å². The quantitative estimate of drug-likeness (QED) is 0.579. The van der Waals surface area contributed by atoms with Crippen LogP contribution in [-0.2, 0) is 18.7 Å². The molecule has 4 atom stereocenters. The lowest BCUT2D eigenvalue weighted by molar-refractivity contribution is -0.142. The van der Waals surface area contributed by atoms with Gasteiger partial charge >= 0.3 is 5.97 Å². The Bertz CT molecular complexity index is 464. The summed E-state index contributed by atoms with van der Waals surface area (Å²) < 4.78 is 17.3. The van der Waals surface area contributed by atoms with Crippen LogP contribution in [0, 0.1) is 17.8 Å². The van der Waals surface area contributed by atoms with Crippen LogP contribution in [0.15, 0.2) is 11.8 Å². The second-order valence-electron chi connectivity index (χ2n) is 8.19. The fourth-order valence-electron chi connectivity index (χ4n) is 3.25. The Balaban J connectivity index is 2.24. The predicted octanol–water partition coefficient (Wildman–Crippen LogP) is 4.08. The molecule has 0 amide bonds. The highest BCUT2D eigenvalue weighted by Gasteiger charge is 2.50. The minimum atomic E-state index is -1.91. The van der Waals surface area contributed by atoms with Crippen molar-refractivity contribution in [1.82, 2.24) is 0 Å². The maximum atomic E-state index is 12.0. The number of ether oxygens (including phenoxy) is 2. The molecule has 0 radical (unpaired) electrons. The molecule has 0 saturated heterocycles. The zero-order valence-corrected chi connectivity index (χ0v) is 15.9. The number of rotatable bonds is 3. The molecule has 4 nitrogen and oxygen atoms in total. The van der Waals surface area contributed by atoms with Crippen LogP contribution < -0.4 is 0 Å². The van der Waals surface area contributed by atoms with E-state index in [0.29, 0.717) is 11.5 Å². The van der Waals surface area contributed by atoms with E-state index in [0.717, 1.165) is 12.8 Å². The number of fused-ring (bicyclic) bond motifs is 1. The van der Waals surface area contributed by atoms with Crippen LogP contribution in [0.25, 0.3) is 0 Å². The summed E-state index contributed by atoms with van der Waals surface area (Å²) in [6, 6.07) is 0. The van der Waals surface area contributed by atoms with Crippen molar-refractivity contribution in [2.45, 2.75) is 65.0 Å². The van der Waals surface area contributed by atoms with Gasteiger partial charge in [-0.1, -0.05) is 27.7 Å². The van der Waals surface area contributed by atoms with E-state index in [1.165, 1.54) is 7.11 Å². The molecule has 0 N–H and O–H groups in total. The van der Waals surface area contributed by atoms with E-state index in [9.17, 15) is 4.79 Å². The van der Waals surface area contributed by atoms with Crippen LogP contribution in [0.4, 0.5) is 0 Å². The van der Waals surface area contributed by atoms with Gasteiger partial charge in [0.1, 0.15) is 0 Å². The van der Waals surface area contributed by atoms with Crippen molar-refractivity contribution in [1.29, 1.82) is 0 Å². The first-order valence-corrected chi connectivity index (χ1v) is 11.1. The van der Waals surface area contributed by atoms with Crippen LogP contribution in [0.2, 0.25) is 18.1 Å². The van der Waals surface area contributed by atoms with Gasteiger partial charge in [-0.25, -0.2) is 4.79 Å². The number of esters is 1. The normalized spacial score (nSPS) is 32.0. The molecule has 1 heterocycles. The standard InChI is InChI=1S/C17H30O4Si/c1-11-8-9-12-13(15(18)19-5)10-20-16(14(11)12)21-22(6,7)17(2,3)4/h10-12,14,16H,8-9H2,1-7H3/t11-,12-,14-,16+/m1/s1. The third kappa shape index (κ3) is 3.11. The topological polar surface area (TPSA) is 44.8 Å². The second kappa shape index (κ2) is 6.00. The van der Waals surface area contributed by atoms with Crippen LogP contribution in [0.3, 0.4) is 0 Å². The molecular weight excluding hydrogens is 296 g/mol. The maximum Gasteiger partial charge on any atom is 0.337 e. The zero-order valence-electron chi connectivity index (χ0n) is 14.9. The molecule has 2 aliphatic rings. The summed E-state index contributed by atoms with van der Waals surface area (Å²) in [7, 11) is -0.484. The summed E-state index contributed by atoms with van der Waals surface area (Å²) in [6.07, 6.45) is 3.46. The van der Waals surface area contributed by atoms with Crippen molar-refractivity contribution >= 4 is 14.3 Å². The lowest BCUT2D eigenvalue weighted by Crippen LogP contribution is -2.49. The lowest BCUT2D eigenvalue weighted by atomic mass is 9.83. The molecule has 0 aromatic carbocycles. The van der Waals surface area contributed by atoms with E-state index < -0.39 is 8.32 Å². The summed E-state index contributed by atoms with van der Waals surface area (Å²) in [4.78, 5) is 12.0. The highest BCUT2D eigenvalue weighted by atomic mass is 28.4. The van der Waals surface area contributed by atoms with Gasteiger partial charge in [0, 0.05) is 11.8 Å². The van der Waals surface area contributed by atoms with Gasteiger partial charge in [-0.3, -0.25) is 0 Å². The van der Waals surface area contributed by atoms with Crippen molar-refractivity contribution in [2.24, 2.45) is 17.8 Å². The van der Waals surface area contributed by atoms with Crippen LogP contribution >= 0.6 is 0 Å². The summed E-state index contributed by atoms with van der Waals surface area (Å²) in [5.41, 5.74) is 0.673. The van der Waals surface area contributed by atoms with Crippen molar-refractivity contribution < 1.29 is 18.7 Å². The van der Waals surface area contributed by atoms with Crippen molar-refractivity contribution in [2.75, 3.05) is 7.11 Å². The third-order valence-corrected chi connectivity index (χ3v) is 10.2. The smallest absolute Gasteiger partial charge is 0.337 e. The van der Waals surface area contributed by atoms with E-state index in [-0.39, 0.29) is 29.1 Å². The molecule has 5 heteroatoms. The molecule has 0 aromatic heterocycles. The zero-order chi connectivity index (χ0) is 16.7. The average molecular weight is 327 g/mol. The molecule has 126 valence electrons. The molecule has 0 aromatic rings. The van der Waals surface area contributed by atoms with Gasteiger partial charge in [-0.05, 0) is 36.9 Å². The highest BCUT2D eigenvalue weighted by Crippen LogP contribution is 2.49. The third-order valence-electron chi connectivity index (χ3n) is 5.74. The van der Waals surface area contributed by atoms with Crippen molar-refractivity contribution in [3.63, 3.8) is 0 Å². The molecule has 1 aliphatic heterocycles. The second-order valence-corrected chi connectivity index (χ2v) is 12.9. The minimum absolute atomic E-state index is 0.139. The number of hydrogen-bond donors (Lipinski definition) is 0. The lowest BCUT2D eigenvalue weighted by Gasteiger charge is -2.43. The number of hydrogen-bond acceptors (Lipinski definition) is 4. The highest BCUT2D eigenvalue weighted by molar-refractivity contribution is 6.74. The van der Waals surface area contributed by atoms with Gasteiger partial charge in [-0.15, -0.1) is 0 Å². The first-order chi connectivity index (χ1) is 10.1. The SMILES string of the molecule is COC(=O)C1=CO[C@@H](O[Si](C)(C)C(C)(C)C)[C@@H]2[C@H](C)CC[C@H]12. The van der Waals surface area contributed by atoms with Crippen molar-refractivity contribution in [3.8, 4) is 0 Å². The summed E-state index contributed by atoms with van der Waals surface area (Å²) in [5.74, 6) is 0.669. The van der Waals surface area contributed by atoms with Gasteiger partial charge in [0.25, 0.3) is 0 Å². The Morgan fingerprint density at radius 2 is 1.95 bits per heavy atom. The number of carbonyl (C=O) groups is 1. The first-order valence-electron chi connectivity index (χ1n) is 8.20. The molecule has 1 saturated carbocycles. The fraction of sp³-hybridized carbons (Fsp3) is 0.824. The Morgan fingerprint density at radius 3 is 2.50 bits per heavy atom. The number of methoxy groups -OCH3 is 1. The number of carbonyl (C=O) groups excluding carboxylic acids is 1. The molecule has 22 heavy (non-hydrogen) atoms. The molecule has 0 unspecified atom stereocenters. The predicted molar refractivity (Wildman–Crippen MR) is 88.6 cm³/mol. The summed E-state index contributed by atoms with van der Waals surface area (Å²) in [5, 5.41) is 0.139. The van der Waals surface area contributed by atoms with E-state index in [1.54, 1.807) is 6.26 Å². The van der Waals surface area contributed by atoms with Gasteiger partial charge in [0.05, 0.1) is 18.9 Å². The monoisotopic (exact) mass is 326 g/mol. The van der Waals surface area contributed by atoms with E-state index in [1.807, 2.05) is 0 Å². The Morgan fingerprint density at radius 1 is 1.32 bits per heavy atom. The molecular formula is C17H30O4Si. The van der Waals surface area contributed by atoms with Crippen LogP contribution in [0.5, 0.6) is 0 Å². The van der Waals surface area contributed by atoms with E-state index >= 15 is 0 Å². The fourth-order valence-corrected chi connectivity index (χ4v) is 4.40. The van der Waals surface area contributed by atoms with Crippen LogP contribution in [0.1, 0.15) is 40.5 Å². The Kier molecular flexibility index (Phi) is 4.79. The molecule has 0 bridgehead atoms. The molecule has 2 rings (SSSR count). The molecule has 0 spiro atoms. The summed E-state index contributed by atoms with van der Waals surface area (Å²) in [6.45, 7) is 13.4. The average Bonchev–Trinajstić information content (AvgIpc) is 2.79.